The van der Waals surface area contributed by atoms with Crippen molar-refractivity contribution in [3.05, 3.63) is 41.3 Å². The Morgan fingerprint density at radius 3 is 2.62 bits per heavy atom. The van der Waals surface area contributed by atoms with Gasteiger partial charge in [0.1, 0.15) is 5.82 Å². The van der Waals surface area contributed by atoms with E-state index < -0.39 is 0 Å². The first kappa shape index (κ1) is 15.4. The third-order valence-corrected chi connectivity index (χ3v) is 3.64. The van der Waals surface area contributed by atoms with Gasteiger partial charge in [-0.05, 0) is 38.5 Å². The van der Waals surface area contributed by atoms with Crippen LogP contribution in [0.4, 0.5) is 5.82 Å². The average Bonchev–Trinajstić information content (AvgIpc) is 2.40. The Kier molecular flexibility index (Phi) is 5.27. The van der Waals surface area contributed by atoms with Gasteiger partial charge in [0.15, 0.2) is 5.16 Å². The Morgan fingerprint density at radius 1 is 1.24 bits per heavy atom. The fourth-order valence-electron chi connectivity index (χ4n) is 1.80. The molecule has 1 amide bonds. The molecule has 0 aromatic carbocycles. The van der Waals surface area contributed by atoms with Gasteiger partial charge in [0.05, 0.1) is 0 Å². The molecule has 0 aliphatic carbocycles. The lowest BCUT2D eigenvalue weighted by Crippen LogP contribution is -2.14. The Balaban J connectivity index is 1.83. The molecule has 1 N–H and O–H groups in total. The summed E-state index contributed by atoms with van der Waals surface area (Å²) in [7, 11) is 0. The summed E-state index contributed by atoms with van der Waals surface area (Å²) in [5.41, 5.74) is 2.84. The summed E-state index contributed by atoms with van der Waals surface area (Å²) in [5.74, 6) is 1.21. The van der Waals surface area contributed by atoms with Gasteiger partial charge in [-0.15, -0.1) is 0 Å². The molecule has 2 rings (SSSR count). The van der Waals surface area contributed by atoms with Crippen LogP contribution < -0.4 is 5.32 Å². The van der Waals surface area contributed by atoms with E-state index in [-0.39, 0.29) is 5.91 Å². The van der Waals surface area contributed by atoms with Crippen molar-refractivity contribution >= 4 is 23.5 Å². The van der Waals surface area contributed by atoms with Crippen LogP contribution in [-0.2, 0) is 4.79 Å². The Labute approximate surface area is 128 Å². The highest BCUT2D eigenvalue weighted by Gasteiger charge is 2.07. The van der Waals surface area contributed by atoms with Gasteiger partial charge in [-0.25, -0.2) is 15.0 Å². The maximum Gasteiger partial charge on any atom is 0.226 e. The van der Waals surface area contributed by atoms with Crippen LogP contribution >= 0.6 is 11.8 Å². The van der Waals surface area contributed by atoms with Crippen LogP contribution in [0, 0.1) is 20.8 Å². The van der Waals surface area contributed by atoms with Crippen molar-refractivity contribution in [1.82, 2.24) is 15.0 Å². The highest BCUT2D eigenvalue weighted by molar-refractivity contribution is 7.99. The SMILES string of the molecule is Cc1cc(C)nc(SCCC(=O)Nc2ncccc2C)n1. The second-order valence-electron chi connectivity index (χ2n) is 4.75. The predicted octanol–water partition coefficient (Wildman–Crippen LogP) is 2.92. The molecule has 2 aromatic rings. The third kappa shape index (κ3) is 4.82. The zero-order valence-corrected chi connectivity index (χ0v) is 13.2. The number of amides is 1. The molecule has 0 saturated carbocycles. The lowest BCUT2D eigenvalue weighted by Gasteiger charge is -2.06. The molecule has 0 radical (unpaired) electrons. The molecule has 0 fully saturated rings. The molecule has 0 unspecified atom stereocenters. The van der Waals surface area contributed by atoms with Crippen LogP contribution in [-0.4, -0.2) is 26.6 Å². The van der Waals surface area contributed by atoms with Crippen molar-refractivity contribution in [3.63, 3.8) is 0 Å². The second-order valence-corrected chi connectivity index (χ2v) is 5.81. The number of hydrogen-bond donors (Lipinski definition) is 1. The summed E-state index contributed by atoms with van der Waals surface area (Å²) >= 11 is 1.49. The van der Waals surface area contributed by atoms with Crippen LogP contribution in [0.1, 0.15) is 23.4 Å². The van der Waals surface area contributed by atoms with Crippen LogP contribution in [0.15, 0.2) is 29.6 Å². The maximum atomic E-state index is 11.9. The number of rotatable bonds is 5. The largest absolute Gasteiger partial charge is 0.310 e. The normalized spacial score (nSPS) is 10.4. The number of carbonyl (C=O) groups excluding carboxylic acids is 1. The standard InChI is InChI=1S/C15H18N4OS/c1-10-5-4-7-16-14(10)19-13(20)6-8-21-15-17-11(2)9-12(3)18-15/h4-5,7,9H,6,8H2,1-3H3,(H,16,19,20). The van der Waals surface area contributed by atoms with E-state index in [1.165, 1.54) is 11.8 Å². The van der Waals surface area contributed by atoms with E-state index in [0.717, 1.165) is 17.0 Å². The van der Waals surface area contributed by atoms with Crippen molar-refractivity contribution in [2.75, 3.05) is 11.1 Å². The van der Waals surface area contributed by atoms with Crippen LogP contribution in [0.3, 0.4) is 0 Å². The topological polar surface area (TPSA) is 67.8 Å². The minimum absolute atomic E-state index is 0.0475. The Hall–Kier alpha value is -1.95. The van der Waals surface area contributed by atoms with Crippen molar-refractivity contribution < 1.29 is 4.79 Å². The monoisotopic (exact) mass is 302 g/mol. The van der Waals surface area contributed by atoms with Gasteiger partial charge in [0.2, 0.25) is 5.91 Å². The van der Waals surface area contributed by atoms with E-state index in [1.54, 1.807) is 6.20 Å². The zero-order valence-electron chi connectivity index (χ0n) is 12.4. The van der Waals surface area contributed by atoms with Gasteiger partial charge in [-0.3, -0.25) is 4.79 Å². The molecule has 5 nitrogen and oxygen atoms in total. The number of pyridine rings is 1. The summed E-state index contributed by atoms with van der Waals surface area (Å²) in [6.07, 6.45) is 2.07. The smallest absolute Gasteiger partial charge is 0.226 e. The first-order chi connectivity index (χ1) is 10.0. The van der Waals surface area contributed by atoms with E-state index in [0.29, 0.717) is 23.1 Å². The number of thioether (sulfide) groups is 1. The molecule has 21 heavy (non-hydrogen) atoms. The van der Waals surface area contributed by atoms with E-state index in [4.69, 9.17) is 0 Å². The predicted molar refractivity (Wildman–Crippen MR) is 84.5 cm³/mol. The molecule has 0 aliphatic heterocycles. The molecule has 2 aromatic heterocycles. The number of aryl methyl sites for hydroxylation is 3. The fraction of sp³-hybridized carbons (Fsp3) is 0.333. The number of nitrogens with one attached hydrogen (secondary N) is 1. The van der Waals surface area contributed by atoms with E-state index in [1.807, 2.05) is 39.0 Å². The first-order valence-corrected chi connectivity index (χ1v) is 7.70. The van der Waals surface area contributed by atoms with E-state index in [2.05, 4.69) is 20.3 Å². The molecule has 0 bridgehead atoms. The zero-order chi connectivity index (χ0) is 15.2. The summed E-state index contributed by atoms with van der Waals surface area (Å²) in [6.45, 7) is 5.80. The first-order valence-electron chi connectivity index (χ1n) is 6.71. The van der Waals surface area contributed by atoms with Gasteiger partial charge >= 0.3 is 0 Å². The molecule has 0 atom stereocenters. The fourth-order valence-corrected chi connectivity index (χ4v) is 2.69. The van der Waals surface area contributed by atoms with Crippen molar-refractivity contribution in [3.8, 4) is 0 Å². The van der Waals surface area contributed by atoms with Gasteiger partial charge in [0, 0.05) is 29.8 Å². The number of carbonyl (C=O) groups is 1. The Morgan fingerprint density at radius 2 is 1.95 bits per heavy atom. The lowest BCUT2D eigenvalue weighted by atomic mass is 10.3. The average molecular weight is 302 g/mol. The summed E-state index contributed by atoms with van der Waals surface area (Å²) in [4.78, 5) is 24.7. The van der Waals surface area contributed by atoms with Crippen LogP contribution in [0.25, 0.3) is 0 Å². The van der Waals surface area contributed by atoms with Crippen molar-refractivity contribution in [2.45, 2.75) is 32.3 Å². The summed E-state index contributed by atoms with van der Waals surface area (Å²) < 4.78 is 0. The quantitative estimate of drug-likeness (QED) is 0.679. The van der Waals surface area contributed by atoms with Crippen LogP contribution in [0.2, 0.25) is 0 Å². The van der Waals surface area contributed by atoms with Crippen molar-refractivity contribution in [2.24, 2.45) is 0 Å². The third-order valence-electron chi connectivity index (χ3n) is 2.79. The molecule has 0 aliphatic rings. The van der Waals surface area contributed by atoms with Gasteiger partial charge in [0.25, 0.3) is 0 Å². The second kappa shape index (κ2) is 7.17. The number of anilines is 1. The number of aromatic nitrogens is 3. The van der Waals surface area contributed by atoms with Gasteiger partial charge in [-0.1, -0.05) is 17.8 Å². The van der Waals surface area contributed by atoms with Gasteiger partial charge in [-0.2, -0.15) is 0 Å². The summed E-state index contributed by atoms with van der Waals surface area (Å²) in [5, 5.41) is 3.53. The molecule has 6 heteroatoms. The summed E-state index contributed by atoms with van der Waals surface area (Å²) in [6, 6.07) is 5.69. The lowest BCUT2D eigenvalue weighted by molar-refractivity contribution is -0.115. The van der Waals surface area contributed by atoms with E-state index >= 15 is 0 Å². The molecule has 0 spiro atoms. The Bertz CT molecular complexity index is 625. The molecule has 0 saturated heterocycles. The molecular weight excluding hydrogens is 284 g/mol. The van der Waals surface area contributed by atoms with Gasteiger partial charge < -0.3 is 5.32 Å². The minimum Gasteiger partial charge on any atom is -0.310 e. The molecule has 110 valence electrons. The number of hydrogen-bond acceptors (Lipinski definition) is 5. The molecular formula is C15H18N4OS. The van der Waals surface area contributed by atoms with E-state index in [9.17, 15) is 4.79 Å². The van der Waals surface area contributed by atoms with Crippen molar-refractivity contribution in [1.29, 1.82) is 0 Å². The van der Waals surface area contributed by atoms with Crippen LogP contribution in [0.5, 0.6) is 0 Å². The minimum atomic E-state index is -0.0475. The number of nitrogens with zero attached hydrogens (tertiary/aromatic N) is 3. The molecule has 2 heterocycles. The highest BCUT2D eigenvalue weighted by atomic mass is 32.2. The highest BCUT2D eigenvalue weighted by Crippen LogP contribution is 2.16. The maximum absolute atomic E-state index is 11.9.